The van der Waals surface area contributed by atoms with E-state index < -0.39 is 12.2 Å². The predicted molar refractivity (Wildman–Crippen MR) is 61.8 cm³/mol. The summed E-state index contributed by atoms with van der Waals surface area (Å²) in [4.78, 5) is 10.6. The normalized spacial score (nSPS) is 14.9. The molecule has 0 bridgehead atoms. The van der Waals surface area contributed by atoms with Crippen molar-refractivity contribution in [1.29, 1.82) is 0 Å². The minimum Gasteiger partial charge on any atom is -0.390 e. The standard InChI is InChI=1S/C13H16O3/c1-10(14)6-5-9-12(15)13(16)11-7-3-2-4-8-11/h2-8,12-13,15-16H,9H2,1H3. The monoisotopic (exact) mass is 220 g/mol. The van der Waals surface area contributed by atoms with Gasteiger partial charge in [0.2, 0.25) is 0 Å². The van der Waals surface area contributed by atoms with E-state index in [2.05, 4.69) is 0 Å². The fraction of sp³-hybridized carbons (Fsp3) is 0.308. The van der Waals surface area contributed by atoms with Crippen LogP contribution in [0.5, 0.6) is 0 Å². The molecule has 0 saturated heterocycles. The zero-order valence-electron chi connectivity index (χ0n) is 9.21. The van der Waals surface area contributed by atoms with Crippen molar-refractivity contribution < 1.29 is 15.0 Å². The highest BCUT2D eigenvalue weighted by molar-refractivity contribution is 5.87. The highest BCUT2D eigenvalue weighted by Gasteiger charge is 2.16. The van der Waals surface area contributed by atoms with Crippen LogP contribution in [0.4, 0.5) is 0 Å². The van der Waals surface area contributed by atoms with Crippen LogP contribution in [0.25, 0.3) is 0 Å². The van der Waals surface area contributed by atoms with Crippen LogP contribution < -0.4 is 0 Å². The van der Waals surface area contributed by atoms with Gasteiger partial charge >= 0.3 is 0 Å². The first-order valence-electron chi connectivity index (χ1n) is 5.19. The van der Waals surface area contributed by atoms with Crippen molar-refractivity contribution in [2.24, 2.45) is 0 Å². The zero-order valence-corrected chi connectivity index (χ0v) is 9.21. The summed E-state index contributed by atoms with van der Waals surface area (Å²) in [5.41, 5.74) is 0.672. The second kappa shape index (κ2) is 6.20. The molecule has 3 nitrogen and oxygen atoms in total. The van der Waals surface area contributed by atoms with Gasteiger partial charge in [-0.1, -0.05) is 36.4 Å². The number of aliphatic hydroxyl groups is 2. The molecule has 0 fully saturated rings. The molecule has 0 heterocycles. The summed E-state index contributed by atoms with van der Waals surface area (Å²) in [6.45, 7) is 1.44. The van der Waals surface area contributed by atoms with Gasteiger partial charge in [-0.25, -0.2) is 0 Å². The lowest BCUT2D eigenvalue weighted by atomic mass is 10.0. The Hall–Kier alpha value is -1.45. The molecular weight excluding hydrogens is 204 g/mol. The Morgan fingerprint density at radius 2 is 1.94 bits per heavy atom. The largest absolute Gasteiger partial charge is 0.390 e. The molecule has 0 aliphatic rings. The Balaban J connectivity index is 2.54. The molecule has 0 radical (unpaired) electrons. The van der Waals surface area contributed by atoms with Gasteiger partial charge in [-0.05, 0) is 25.0 Å². The minimum absolute atomic E-state index is 0.0681. The molecule has 0 saturated carbocycles. The lowest BCUT2D eigenvalue weighted by Crippen LogP contribution is -2.17. The summed E-state index contributed by atoms with van der Waals surface area (Å²) in [6.07, 6.45) is 1.41. The maximum absolute atomic E-state index is 10.6. The minimum atomic E-state index is -0.919. The highest BCUT2D eigenvalue weighted by Crippen LogP contribution is 2.18. The summed E-state index contributed by atoms with van der Waals surface area (Å²) in [5.74, 6) is -0.0681. The lowest BCUT2D eigenvalue weighted by Gasteiger charge is -2.16. The Bertz CT molecular complexity index is 357. The van der Waals surface area contributed by atoms with Crippen LogP contribution in [0.3, 0.4) is 0 Å². The Kier molecular flexibility index (Phi) is 4.89. The Morgan fingerprint density at radius 1 is 1.31 bits per heavy atom. The molecule has 0 amide bonds. The molecular formula is C13H16O3. The quantitative estimate of drug-likeness (QED) is 0.741. The van der Waals surface area contributed by atoms with Crippen LogP contribution >= 0.6 is 0 Å². The van der Waals surface area contributed by atoms with E-state index in [1.165, 1.54) is 13.0 Å². The number of rotatable bonds is 5. The third kappa shape index (κ3) is 3.96. The first kappa shape index (κ1) is 12.6. The average molecular weight is 220 g/mol. The number of benzene rings is 1. The second-order valence-electron chi connectivity index (χ2n) is 3.67. The molecule has 86 valence electrons. The van der Waals surface area contributed by atoms with Crippen LogP contribution in [0.15, 0.2) is 42.5 Å². The van der Waals surface area contributed by atoms with Gasteiger partial charge in [-0.3, -0.25) is 4.79 Å². The molecule has 0 spiro atoms. The van der Waals surface area contributed by atoms with Crippen molar-refractivity contribution in [2.45, 2.75) is 25.6 Å². The summed E-state index contributed by atoms with van der Waals surface area (Å²) in [5, 5.41) is 19.5. The van der Waals surface area contributed by atoms with Crippen LogP contribution in [-0.2, 0) is 4.79 Å². The number of carbonyl (C=O) groups excluding carboxylic acids is 1. The number of aliphatic hydroxyl groups excluding tert-OH is 2. The second-order valence-corrected chi connectivity index (χ2v) is 3.67. The van der Waals surface area contributed by atoms with E-state index in [-0.39, 0.29) is 12.2 Å². The van der Waals surface area contributed by atoms with Gasteiger partial charge < -0.3 is 10.2 Å². The molecule has 2 N–H and O–H groups in total. The van der Waals surface area contributed by atoms with E-state index >= 15 is 0 Å². The summed E-state index contributed by atoms with van der Waals surface area (Å²) in [6, 6.07) is 8.96. The maximum atomic E-state index is 10.6. The highest BCUT2D eigenvalue weighted by atomic mass is 16.3. The van der Waals surface area contributed by atoms with Crippen LogP contribution in [0.1, 0.15) is 25.0 Å². The van der Waals surface area contributed by atoms with E-state index in [0.29, 0.717) is 5.56 Å². The van der Waals surface area contributed by atoms with Crippen molar-refractivity contribution in [3.05, 3.63) is 48.0 Å². The van der Waals surface area contributed by atoms with Gasteiger partial charge in [0.1, 0.15) is 6.10 Å². The van der Waals surface area contributed by atoms with E-state index in [4.69, 9.17) is 0 Å². The van der Waals surface area contributed by atoms with Crippen molar-refractivity contribution in [3.63, 3.8) is 0 Å². The van der Waals surface area contributed by atoms with Crippen molar-refractivity contribution in [2.75, 3.05) is 0 Å². The molecule has 0 aromatic heterocycles. The summed E-state index contributed by atoms with van der Waals surface area (Å²) < 4.78 is 0. The van der Waals surface area contributed by atoms with E-state index in [9.17, 15) is 15.0 Å². The molecule has 0 aliphatic carbocycles. The van der Waals surface area contributed by atoms with Crippen molar-refractivity contribution in [1.82, 2.24) is 0 Å². The van der Waals surface area contributed by atoms with Gasteiger partial charge in [-0.15, -0.1) is 0 Å². The summed E-state index contributed by atoms with van der Waals surface area (Å²) in [7, 11) is 0. The lowest BCUT2D eigenvalue weighted by molar-refractivity contribution is -0.112. The molecule has 0 aliphatic heterocycles. The predicted octanol–water partition coefficient (Wildman–Crippen LogP) is 1.62. The molecule has 2 unspecified atom stereocenters. The topological polar surface area (TPSA) is 57.5 Å². The maximum Gasteiger partial charge on any atom is 0.152 e. The number of hydrogen-bond acceptors (Lipinski definition) is 3. The van der Waals surface area contributed by atoms with Crippen LogP contribution in [0.2, 0.25) is 0 Å². The van der Waals surface area contributed by atoms with Gasteiger partial charge in [0.25, 0.3) is 0 Å². The number of carbonyl (C=O) groups is 1. The third-order valence-corrected chi connectivity index (χ3v) is 2.24. The van der Waals surface area contributed by atoms with Crippen molar-refractivity contribution >= 4 is 5.78 Å². The molecule has 1 aromatic carbocycles. The van der Waals surface area contributed by atoms with Crippen LogP contribution in [-0.4, -0.2) is 22.1 Å². The van der Waals surface area contributed by atoms with E-state index in [0.717, 1.165) is 0 Å². The zero-order chi connectivity index (χ0) is 12.0. The van der Waals surface area contributed by atoms with E-state index in [1.54, 1.807) is 30.3 Å². The first-order valence-corrected chi connectivity index (χ1v) is 5.19. The fourth-order valence-electron chi connectivity index (χ4n) is 1.37. The molecule has 1 rings (SSSR count). The number of ketones is 1. The molecule has 3 heteroatoms. The van der Waals surface area contributed by atoms with Gasteiger partial charge in [0, 0.05) is 0 Å². The fourth-order valence-corrected chi connectivity index (χ4v) is 1.37. The SMILES string of the molecule is CC(=O)C=CCC(O)C(O)c1ccccc1. The Morgan fingerprint density at radius 3 is 2.50 bits per heavy atom. The van der Waals surface area contributed by atoms with E-state index in [1.807, 2.05) is 6.07 Å². The average Bonchev–Trinajstić information content (AvgIpc) is 2.28. The third-order valence-electron chi connectivity index (χ3n) is 2.24. The van der Waals surface area contributed by atoms with Crippen LogP contribution in [0, 0.1) is 0 Å². The molecule has 2 atom stereocenters. The van der Waals surface area contributed by atoms with Gasteiger partial charge in [-0.2, -0.15) is 0 Å². The van der Waals surface area contributed by atoms with Crippen molar-refractivity contribution in [3.8, 4) is 0 Å². The Labute approximate surface area is 95.0 Å². The van der Waals surface area contributed by atoms with Gasteiger partial charge in [0.15, 0.2) is 5.78 Å². The molecule has 1 aromatic rings. The smallest absolute Gasteiger partial charge is 0.152 e. The summed E-state index contributed by atoms with van der Waals surface area (Å²) >= 11 is 0. The number of hydrogen-bond donors (Lipinski definition) is 2. The first-order chi connectivity index (χ1) is 7.61. The number of allylic oxidation sites excluding steroid dienone is 1. The molecule has 16 heavy (non-hydrogen) atoms. The van der Waals surface area contributed by atoms with Gasteiger partial charge in [0.05, 0.1) is 6.10 Å².